The molecular formula is C17H32N2O2. The Labute approximate surface area is 129 Å². The second-order valence-corrected chi connectivity index (χ2v) is 6.89. The fourth-order valence-electron chi connectivity index (χ4n) is 4.25. The molecular weight excluding hydrogens is 264 g/mol. The number of methoxy groups -OCH3 is 1. The summed E-state index contributed by atoms with van der Waals surface area (Å²) in [6, 6.07) is 0.760. The van der Waals surface area contributed by atoms with E-state index in [0.29, 0.717) is 0 Å². The molecule has 2 atom stereocenters. The van der Waals surface area contributed by atoms with Crippen LogP contribution in [0.25, 0.3) is 0 Å². The van der Waals surface area contributed by atoms with E-state index < -0.39 is 5.54 Å². The maximum atomic E-state index is 12.1. The standard InChI is InChI=1S/C17H32N2O2/c1-4-18-17(2,16(20)21-3)11-13-19-12-7-10-15(19)14-8-5-6-9-14/h14-15,18H,4-13H2,1-3H3. The summed E-state index contributed by atoms with van der Waals surface area (Å²) in [4.78, 5) is 14.7. The number of rotatable bonds is 7. The highest BCUT2D eigenvalue weighted by Gasteiger charge is 2.37. The number of hydrogen-bond acceptors (Lipinski definition) is 4. The van der Waals surface area contributed by atoms with Gasteiger partial charge in [-0.2, -0.15) is 0 Å². The first kappa shape index (κ1) is 16.8. The van der Waals surface area contributed by atoms with E-state index in [1.807, 2.05) is 13.8 Å². The van der Waals surface area contributed by atoms with Crippen molar-refractivity contribution in [1.82, 2.24) is 10.2 Å². The smallest absolute Gasteiger partial charge is 0.325 e. The number of carbonyl (C=O) groups is 1. The molecule has 0 aromatic heterocycles. The van der Waals surface area contributed by atoms with Crippen LogP contribution >= 0.6 is 0 Å². The lowest BCUT2D eigenvalue weighted by molar-refractivity contribution is -0.148. The van der Waals surface area contributed by atoms with E-state index >= 15 is 0 Å². The first-order valence-electron chi connectivity index (χ1n) is 8.68. The third kappa shape index (κ3) is 3.98. The van der Waals surface area contributed by atoms with Crippen LogP contribution in [0.5, 0.6) is 0 Å². The number of hydrogen-bond donors (Lipinski definition) is 1. The van der Waals surface area contributed by atoms with Gasteiger partial charge in [0.25, 0.3) is 0 Å². The molecule has 122 valence electrons. The van der Waals surface area contributed by atoms with Crippen LogP contribution in [0.4, 0.5) is 0 Å². The van der Waals surface area contributed by atoms with Crippen molar-refractivity contribution in [2.75, 3.05) is 26.7 Å². The molecule has 21 heavy (non-hydrogen) atoms. The minimum Gasteiger partial charge on any atom is -0.468 e. The average Bonchev–Trinajstić information content (AvgIpc) is 3.14. The van der Waals surface area contributed by atoms with Gasteiger partial charge in [0.15, 0.2) is 0 Å². The predicted molar refractivity (Wildman–Crippen MR) is 85.3 cm³/mol. The summed E-state index contributed by atoms with van der Waals surface area (Å²) in [6.45, 7) is 7.00. The number of nitrogens with zero attached hydrogens (tertiary/aromatic N) is 1. The molecule has 0 spiro atoms. The summed E-state index contributed by atoms with van der Waals surface area (Å²) in [5, 5.41) is 3.32. The van der Waals surface area contributed by atoms with Crippen molar-refractivity contribution < 1.29 is 9.53 Å². The van der Waals surface area contributed by atoms with Crippen LogP contribution in [-0.4, -0.2) is 49.2 Å². The fourth-order valence-corrected chi connectivity index (χ4v) is 4.25. The number of likely N-dealkylation sites (tertiary alicyclic amines) is 1. The Balaban J connectivity index is 1.91. The van der Waals surface area contributed by atoms with Crippen LogP contribution in [0, 0.1) is 5.92 Å². The third-order valence-corrected chi connectivity index (χ3v) is 5.46. The molecule has 1 aliphatic carbocycles. The molecule has 0 bridgehead atoms. The van der Waals surface area contributed by atoms with E-state index in [-0.39, 0.29) is 5.97 Å². The molecule has 2 aliphatic rings. The molecule has 4 nitrogen and oxygen atoms in total. The minimum absolute atomic E-state index is 0.138. The highest BCUT2D eigenvalue weighted by molar-refractivity contribution is 5.80. The van der Waals surface area contributed by atoms with Crippen LogP contribution in [0.2, 0.25) is 0 Å². The van der Waals surface area contributed by atoms with Gasteiger partial charge in [-0.1, -0.05) is 19.8 Å². The SMILES string of the molecule is CCNC(C)(CCN1CCCC1C1CCCC1)C(=O)OC. The number of carbonyl (C=O) groups excluding carboxylic acids is 1. The first-order valence-corrected chi connectivity index (χ1v) is 8.68. The Morgan fingerprint density at radius 1 is 1.29 bits per heavy atom. The van der Waals surface area contributed by atoms with Crippen LogP contribution in [0.15, 0.2) is 0 Å². The molecule has 2 fully saturated rings. The summed E-state index contributed by atoms with van der Waals surface area (Å²) in [7, 11) is 1.48. The summed E-state index contributed by atoms with van der Waals surface area (Å²) in [5.41, 5.74) is -0.549. The Morgan fingerprint density at radius 2 is 2.00 bits per heavy atom. The molecule has 0 aromatic carbocycles. The topological polar surface area (TPSA) is 41.6 Å². The van der Waals surface area contributed by atoms with Gasteiger partial charge < -0.3 is 15.0 Å². The molecule has 1 saturated carbocycles. The predicted octanol–water partition coefficient (Wildman–Crippen LogP) is 2.57. The lowest BCUT2D eigenvalue weighted by Crippen LogP contribution is -2.52. The van der Waals surface area contributed by atoms with Crippen LogP contribution in [0.3, 0.4) is 0 Å². The average molecular weight is 296 g/mol. The van der Waals surface area contributed by atoms with Crippen molar-refractivity contribution >= 4 is 5.97 Å². The lowest BCUT2D eigenvalue weighted by atomic mass is 9.94. The summed E-state index contributed by atoms with van der Waals surface area (Å²) < 4.78 is 4.99. The molecule has 1 heterocycles. The molecule has 2 rings (SSSR count). The van der Waals surface area contributed by atoms with Crippen molar-refractivity contribution in [3.63, 3.8) is 0 Å². The van der Waals surface area contributed by atoms with Gasteiger partial charge in [0.2, 0.25) is 0 Å². The van der Waals surface area contributed by atoms with Gasteiger partial charge in [0, 0.05) is 12.6 Å². The van der Waals surface area contributed by atoms with Gasteiger partial charge in [-0.3, -0.25) is 4.79 Å². The van der Waals surface area contributed by atoms with E-state index in [2.05, 4.69) is 10.2 Å². The van der Waals surface area contributed by atoms with E-state index in [0.717, 1.165) is 31.5 Å². The van der Waals surface area contributed by atoms with E-state index in [4.69, 9.17) is 4.74 Å². The molecule has 2 unspecified atom stereocenters. The molecule has 1 N–H and O–H groups in total. The third-order valence-electron chi connectivity index (χ3n) is 5.46. The molecule has 4 heteroatoms. The van der Waals surface area contributed by atoms with Gasteiger partial charge in [0.1, 0.15) is 5.54 Å². The maximum Gasteiger partial charge on any atom is 0.325 e. The Bertz CT molecular complexity index is 342. The van der Waals surface area contributed by atoms with E-state index in [1.165, 1.54) is 52.2 Å². The summed E-state index contributed by atoms with van der Waals surface area (Å²) in [6.07, 6.45) is 9.12. The minimum atomic E-state index is -0.549. The zero-order valence-electron chi connectivity index (χ0n) is 14.0. The van der Waals surface area contributed by atoms with Crippen molar-refractivity contribution in [3.8, 4) is 0 Å². The normalized spacial score (nSPS) is 26.9. The highest BCUT2D eigenvalue weighted by Crippen LogP contribution is 2.35. The Kier molecular flexibility index (Phi) is 6.06. The van der Waals surface area contributed by atoms with Crippen molar-refractivity contribution in [1.29, 1.82) is 0 Å². The van der Waals surface area contributed by atoms with Crippen molar-refractivity contribution in [2.24, 2.45) is 5.92 Å². The maximum absolute atomic E-state index is 12.1. The molecule has 0 amide bonds. The highest BCUT2D eigenvalue weighted by atomic mass is 16.5. The number of ether oxygens (including phenoxy) is 1. The zero-order valence-corrected chi connectivity index (χ0v) is 14.0. The monoisotopic (exact) mass is 296 g/mol. The van der Waals surface area contributed by atoms with Gasteiger partial charge in [0.05, 0.1) is 7.11 Å². The Morgan fingerprint density at radius 3 is 2.62 bits per heavy atom. The van der Waals surface area contributed by atoms with Gasteiger partial charge in [-0.15, -0.1) is 0 Å². The molecule has 1 saturated heterocycles. The summed E-state index contributed by atoms with van der Waals surface area (Å²) in [5.74, 6) is 0.761. The lowest BCUT2D eigenvalue weighted by Gasteiger charge is -2.33. The largest absolute Gasteiger partial charge is 0.468 e. The number of nitrogens with one attached hydrogen (secondary N) is 1. The van der Waals surface area contributed by atoms with Crippen LogP contribution in [0.1, 0.15) is 58.8 Å². The number of esters is 1. The van der Waals surface area contributed by atoms with Crippen molar-refractivity contribution in [2.45, 2.75) is 70.4 Å². The quantitative estimate of drug-likeness (QED) is 0.733. The van der Waals surface area contributed by atoms with Crippen molar-refractivity contribution in [3.05, 3.63) is 0 Å². The number of likely N-dealkylation sites (N-methyl/N-ethyl adjacent to an activating group) is 1. The van der Waals surface area contributed by atoms with Gasteiger partial charge in [-0.05, 0) is 58.0 Å². The van der Waals surface area contributed by atoms with E-state index in [1.54, 1.807) is 0 Å². The fraction of sp³-hybridized carbons (Fsp3) is 0.941. The zero-order chi connectivity index (χ0) is 15.3. The second kappa shape index (κ2) is 7.59. The molecule has 1 aliphatic heterocycles. The molecule has 0 aromatic rings. The van der Waals surface area contributed by atoms with Crippen LogP contribution < -0.4 is 5.32 Å². The second-order valence-electron chi connectivity index (χ2n) is 6.89. The van der Waals surface area contributed by atoms with Gasteiger partial charge in [-0.25, -0.2) is 0 Å². The Hall–Kier alpha value is -0.610. The van der Waals surface area contributed by atoms with Gasteiger partial charge >= 0.3 is 5.97 Å². The van der Waals surface area contributed by atoms with Crippen LogP contribution in [-0.2, 0) is 9.53 Å². The summed E-state index contributed by atoms with van der Waals surface area (Å²) >= 11 is 0. The molecule has 0 radical (unpaired) electrons. The van der Waals surface area contributed by atoms with E-state index in [9.17, 15) is 4.79 Å². The first-order chi connectivity index (χ1) is 10.1.